The third-order valence-electron chi connectivity index (χ3n) is 4.13. The maximum absolute atomic E-state index is 13.8. The van der Waals surface area contributed by atoms with Gasteiger partial charge in [0.1, 0.15) is 5.75 Å². The van der Waals surface area contributed by atoms with Crippen molar-refractivity contribution in [3.63, 3.8) is 0 Å². The Hall–Kier alpha value is -2.51. The highest BCUT2D eigenvalue weighted by Gasteiger charge is 2.40. The van der Waals surface area contributed by atoms with E-state index in [1.54, 1.807) is 4.67 Å². The predicted molar refractivity (Wildman–Crippen MR) is 94.6 cm³/mol. The monoisotopic (exact) mass is 321 g/mol. The van der Waals surface area contributed by atoms with Crippen LogP contribution in [0.4, 0.5) is 5.69 Å². The number of hydrogen-bond donors (Lipinski definition) is 0. The van der Waals surface area contributed by atoms with Gasteiger partial charge >= 0.3 is 7.52 Å². The highest BCUT2D eigenvalue weighted by atomic mass is 31.2. The lowest BCUT2D eigenvalue weighted by atomic mass is 10.0. The molecule has 0 aliphatic carbocycles. The van der Waals surface area contributed by atoms with Crippen LogP contribution in [-0.2, 0) is 4.57 Å². The summed E-state index contributed by atoms with van der Waals surface area (Å²) in [5, 5.41) is 0.741. The van der Waals surface area contributed by atoms with Gasteiger partial charge in [-0.15, -0.1) is 0 Å². The van der Waals surface area contributed by atoms with E-state index in [0.29, 0.717) is 5.75 Å². The van der Waals surface area contributed by atoms with Gasteiger partial charge in [-0.25, -0.2) is 4.57 Å². The quantitative estimate of drug-likeness (QED) is 0.641. The van der Waals surface area contributed by atoms with Gasteiger partial charge in [-0.05, 0) is 24.3 Å². The van der Waals surface area contributed by atoms with Gasteiger partial charge in [-0.1, -0.05) is 54.6 Å². The van der Waals surface area contributed by atoms with E-state index in [-0.39, 0.29) is 0 Å². The molecule has 3 aromatic carbocycles. The molecule has 1 aliphatic heterocycles. The minimum atomic E-state index is -3.22. The van der Waals surface area contributed by atoms with Gasteiger partial charge in [-0.3, -0.25) is 4.67 Å². The zero-order chi connectivity index (χ0) is 15.9. The van der Waals surface area contributed by atoms with Crippen molar-refractivity contribution < 1.29 is 9.09 Å². The van der Waals surface area contributed by atoms with E-state index in [1.165, 1.54) is 0 Å². The summed E-state index contributed by atoms with van der Waals surface area (Å²) in [6, 6.07) is 25.2. The molecule has 4 rings (SSSR count). The van der Waals surface area contributed by atoms with Crippen LogP contribution >= 0.6 is 7.52 Å². The molecule has 0 amide bonds. The summed E-state index contributed by atoms with van der Waals surface area (Å²) in [6.45, 7) is 0. The number of rotatable bonds is 2. The van der Waals surface area contributed by atoms with Crippen molar-refractivity contribution in [2.45, 2.75) is 0 Å². The molecule has 0 spiro atoms. The second kappa shape index (κ2) is 5.29. The standard InChI is InChI=1S/C19H16NO2P/c1-20(15-9-3-2-4-10-15)23(21)19-14-8-6-12-17(19)16-11-5-7-13-18(16)22-23/h2-14H,1H3. The molecule has 1 aliphatic rings. The first kappa shape index (κ1) is 14.1. The molecule has 0 radical (unpaired) electrons. The number of nitrogens with zero attached hydrogens (tertiary/aromatic N) is 1. The normalized spacial score (nSPS) is 18.5. The summed E-state index contributed by atoms with van der Waals surface area (Å²) in [6.07, 6.45) is 0. The molecule has 0 aromatic heterocycles. The number of benzene rings is 3. The Morgan fingerprint density at radius 2 is 1.39 bits per heavy atom. The summed E-state index contributed by atoms with van der Waals surface area (Å²) in [4.78, 5) is 0. The van der Waals surface area contributed by atoms with E-state index in [9.17, 15) is 4.57 Å². The van der Waals surface area contributed by atoms with Crippen LogP contribution in [0.15, 0.2) is 78.9 Å². The molecule has 0 saturated carbocycles. The van der Waals surface area contributed by atoms with Crippen molar-refractivity contribution in [3.8, 4) is 16.9 Å². The molecular formula is C19H16NO2P. The number of anilines is 1. The smallest absolute Gasteiger partial charge is 0.374 e. The number of hydrogen-bond acceptors (Lipinski definition) is 2. The molecule has 1 unspecified atom stereocenters. The Kier molecular flexibility index (Phi) is 3.24. The van der Waals surface area contributed by atoms with Gasteiger partial charge in [0, 0.05) is 23.9 Å². The number of fused-ring (bicyclic) bond motifs is 3. The van der Waals surface area contributed by atoms with Crippen LogP contribution in [0, 0.1) is 0 Å². The van der Waals surface area contributed by atoms with Crippen molar-refractivity contribution in [2.24, 2.45) is 0 Å². The van der Waals surface area contributed by atoms with E-state index in [0.717, 1.165) is 22.1 Å². The van der Waals surface area contributed by atoms with Gasteiger partial charge in [0.05, 0.1) is 5.30 Å². The van der Waals surface area contributed by atoms with E-state index in [1.807, 2.05) is 85.9 Å². The lowest BCUT2D eigenvalue weighted by Crippen LogP contribution is -2.29. The summed E-state index contributed by atoms with van der Waals surface area (Å²) in [5.74, 6) is 0.664. The molecule has 0 N–H and O–H groups in total. The second-order valence-corrected chi connectivity index (χ2v) is 7.79. The molecule has 114 valence electrons. The largest absolute Gasteiger partial charge is 0.425 e. The van der Waals surface area contributed by atoms with E-state index in [2.05, 4.69) is 0 Å². The summed E-state index contributed by atoms with van der Waals surface area (Å²) < 4.78 is 21.6. The topological polar surface area (TPSA) is 29.5 Å². The third-order valence-corrected chi connectivity index (χ3v) is 6.60. The van der Waals surface area contributed by atoms with Gasteiger partial charge in [0.25, 0.3) is 0 Å². The second-order valence-electron chi connectivity index (χ2n) is 5.48. The van der Waals surface area contributed by atoms with E-state index < -0.39 is 7.52 Å². The van der Waals surface area contributed by atoms with Crippen LogP contribution in [0.5, 0.6) is 5.75 Å². The molecule has 3 nitrogen and oxygen atoms in total. The van der Waals surface area contributed by atoms with Gasteiger partial charge in [0.15, 0.2) is 0 Å². The molecule has 4 heteroatoms. The van der Waals surface area contributed by atoms with Crippen molar-refractivity contribution in [2.75, 3.05) is 11.7 Å². The maximum Gasteiger partial charge on any atom is 0.374 e. The van der Waals surface area contributed by atoms with Crippen LogP contribution < -0.4 is 14.5 Å². The van der Waals surface area contributed by atoms with Gasteiger partial charge in [0.2, 0.25) is 0 Å². The van der Waals surface area contributed by atoms with E-state index in [4.69, 9.17) is 4.52 Å². The minimum absolute atomic E-state index is 0.664. The molecule has 1 heterocycles. The van der Waals surface area contributed by atoms with Gasteiger partial charge < -0.3 is 4.52 Å². The molecule has 0 saturated heterocycles. The molecule has 23 heavy (non-hydrogen) atoms. The van der Waals surface area contributed by atoms with Crippen LogP contribution in [0.2, 0.25) is 0 Å². The summed E-state index contributed by atoms with van der Waals surface area (Å²) in [7, 11) is -1.40. The first-order valence-corrected chi connectivity index (χ1v) is 9.06. The Labute approximate surface area is 135 Å². The van der Waals surface area contributed by atoms with Crippen LogP contribution in [0.25, 0.3) is 11.1 Å². The van der Waals surface area contributed by atoms with Crippen LogP contribution in [0.3, 0.4) is 0 Å². The maximum atomic E-state index is 13.8. The lowest BCUT2D eigenvalue weighted by Gasteiger charge is -2.34. The first-order chi connectivity index (χ1) is 11.2. The summed E-state index contributed by atoms with van der Waals surface area (Å²) >= 11 is 0. The molecule has 3 aromatic rings. The zero-order valence-electron chi connectivity index (χ0n) is 12.7. The first-order valence-electron chi connectivity index (χ1n) is 7.48. The minimum Gasteiger partial charge on any atom is -0.425 e. The number of para-hydroxylation sites is 2. The van der Waals surface area contributed by atoms with Crippen molar-refractivity contribution >= 4 is 18.5 Å². The fourth-order valence-electron chi connectivity index (χ4n) is 2.92. The SMILES string of the molecule is CN(c1ccccc1)P1(=O)Oc2ccccc2-c2ccccc21. The highest BCUT2D eigenvalue weighted by molar-refractivity contribution is 7.69. The average Bonchev–Trinajstić information content (AvgIpc) is 2.62. The summed E-state index contributed by atoms with van der Waals surface area (Å²) in [5.41, 5.74) is 2.82. The van der Waals surface area contributed by atoms with Gasteiger partial charge in [-0.2, -0.15) is 0 Å². The van der Waals surface area contributed by atoms with Crippen molar-refractivity contribution in [1.29, 1.82) is 0 Å². The molecule has 0 bridgehead atoms. The molecular weight excluding hydrogens is 305 g/mol. The third kappa shape index (κ3) is 2.16. The average molecular weight is 321 g/mol. The Morgan fingerprint density at radius 1 is 0.783 bits per heavy atom. The Morgan fingerprint density at radius 3 is 2.17 bits per heavy atom. The fourth-order valence-corrected chi connectivity index (χ4v) is 5.10. The predicted octanol–water partition coefficient (Wildman–Crippen LogP) is 4.70. The lowest BCUT2D eigenvalue weighted by molar-refractivity contribution is 0.489. The molecule has 0 fully saturated rings. The van der Waals surface area contributed by atoms with Crippen molar-refractivity contribution in [3.05, 3.63) is 78.9 Å². The van der Waals surface area contributed by atoms with Crippen LogP contribution in [0.1, 0.15) is 0 Å². The highest BCUT2D eigenvalue weighted by Crippen LogP contribution is 2.57. The van der Waals surface area contributed by atoms with Crippen molar-refractivity contribution in [1.82, 2.24) is 0 Å². The Balaban J connectivity index is 1.92. The van der Waals surface area contributed by atoms with Crippen LogP contribution in [-0.4, -0.2) is 7.05 Å². The Bertz CT molecular complexity index is 908. The fraction of sp³-hybridized carbons (Fsp3) is 0.0526. The zero-order valence-corrected chi connectivity index (χ0v) is 13.6. The van der Waals surface area contributed by atoms with E-state index >= 15 is 0 Å². The molecule has 1 atom stereocenters.